The molecule has 3 atom stereocenters. The molecule has 2 saturated carbocycles. The maximum absolute atomic E-state index is 12.2. The predicted octanol–water partition coefficient (Wildman–Crippen LogP) is 5.73. The molecule has 216 valence electrons. The fraction of sp³-hybridized carbons (Fsp3) is 0.273. The molecule has 0 bridgehead atoms. The highest BCUT2D eigenvalue weighted by atomic mass is 16.4. The van der Waals surface area contributed by atoms with Crippen molar-refractivity contribution in [1.29, 1.82) is 0 Å². The van der Waals surface area contributed by atoms with Crippen LogP contribution in [-0.2, 0) is 11.2 Å². The summed E-state index contributed by atoms with van der Waals surface area (Å²) >= 11 is 0. The van der Waals surface area contributed by atoms with Gasteiger partial charge in [-0.25, -0.2) is 0 Å². The van der Waals surface area contributed by atoms with Crippen molar-refractivity contribution in [3.05, 3.63) is 81.5 Å². The van der Waals surface area contributed by atoms with Crippen molar-refractivity contribution in [2.75, 3.05) is 0 Å². The number of phenolic OH excluding ortho intramolecular Hbond substituents is 5. The van der Waals surface area contributed by atoms with Gasteiger partial charge in [-0.3, -0.25) is 9.59 Å². The average Bonchev–Trinajstić information content (AvgIpc) is 3.26. The molecule has 0 aliphatic heterocycles. The first kappa shape index (κ1) is 27.3. The van der Waals surface area contributed by atoms with Gasteiger partial charge in [0.05, 0.1) is 0 Å². The number of phenols is 5. The largest absolute Gasteiger partial charge is 0.508 e. The van der Waals surface area contributed by atoms with Crippen molar-refractivity contribution < 1.29 is 39.9 Å². The number of carbonyl (C=O) groups excluding carboxylic acids is 1. The lowest BCUT2D eigenvalue weighted by atomic mass is 9.60. The molecule has 7 rings (SSSR count). The summed E-state index contributed by atoms with van der Waals surface area (Å²) in [5.74, 6) is -0.955. The number of aromatic hydroxyl groups is 6. The first-order valence-electron chi connectivity index (χ1n) is 13.8. The highest BCUT2D eigenvalue weighted by Crippen LogP contribution is 2.58. The number of fused-ring (bicyclic) bond motifs is 6. The third kappa shape index (κ3) is 4.32. The summed E-state index contributed by atoms with van der Waals surface area (Å²) in [4.78, 5) is 24.4. The molecule has 3 unspecified atom stereocenters. The number of hydrogen-bond acceptors (Lipinski definition) is 9. The summed E-state index contributed by atoms with van der Waals surface area (Å²) in [5.41, 5.74) is 3.14. The van der Waals surface area contributed by atoms with Crippen LogP contribution in [0.2, 0.25) is 0 Å². The molecule has 0 amide bonds. The summed E-state index contributed by atoms with van der Waals surface area (Å²) in [6.07, 6.45) is 7.11. The Morgan fingerprint density at radius 3 is 2.38 bits per heavy atom. The van der Waals surface area contributed by atoms with E-state index >= 15 is 0 Å². The van der Waals surface area contributed by atoms with Gasteiger partial charge in [-0.15, -0.1) is 0 Å². The number of hydrogen-bond donors (Lipinski definition) is 6. The minimum atomic E-state index is -0.888. The fourth-order valence-electron chi connectivity index (χ4n) is 6.87. The van der Waals surface area contributed by atoms with Crippen molar-refractivity contribution >= 4 is 16.8 Å². The smallest absolute Gasteiger partial charge is 0.238 e. The Morgan fingerprint density at radius 1 is 0.833 bits per heavy atom. The molecule has 0 saturated heterocycles. The van der Waals surface area contributed by atoms with Crippen LogP contribution in [0.4, 0.5) is 0 Å². The molecular weight excluding hydrogens is 540 g/mol. The van der Waals surface area contributed by atoms with E-state index in [1.165, 1.54) is 22.8 Å². The zero-order valence-corrected chi connectivity index (χ0v) is 22.8. The second-order valence-corrected chi connectivity index (χ2v) is 11.5. The Labute approximate surface area is 240 Å². The number of allylic oxidation sites excluding steroid dienone is 2. The van der Waals surface area contributed by atoms with Crippen LogP contribution in [0.25, 0.3) is 22.3 Å². The van der Waals surface area contributed by atoms with Gasteiger partial charge < -0.3 is 35.1 Å². The number of benzene rings is 3. The van der Waals surface area contributed by atoms with E-state index in [9.17, 15) is 40.2 Å². The molecular formula is C33H30O9. The Kier molecular flexibility index (Phi) is 6.40. The van der Waals surface area contributed by atoms with Gasteiger partial charge >= 0.3 is 0 Å². The second kappa shape index (κ2) is 9.87. The highest BCUT2D eigenvalue weighted by molar-refractivity contribution is 5.89. The molecule has 9 nitrogen and oxygen atoms in total. The molecule has 3 aliphatic carbocycles. The van der Waals surface area contributed by atoms with E-state index in [4.69, 9.17) is 4.42 Å². The summed E-state index contributed by atoms with van der Waals surface area (Å²) in [6.45, 7) is 2.18. The molecule has 3 aromatic carbocycles. The van der Waals surface area contributed by atoms with E-state index in [-0.39, 0.29) is 39.2 Å². The SMILES string of the molecule is CC12CCC3C(=CCc4cc(O)ccc43)C1CCC2=O.O=c1c(O)c(-c2ccc(O)c(O)c2)oc2cc(O)cc(O)c12. The standard InChI is InChI=1S/C18H20O2.C15H10O7/c1-18-9-8-14-13-5-3-12(19)10-11(13)2-4-15(14)16(18)6-7-17(18)20;16-7-4-10(19)12-11(5-7)22-15(14(21)13(12)20)6-1-2-8(17)9(18)3-6/h3-5,10,14,16,19H,2,6-9H2,1H3;1-5,16-19,21H. The van der Waals surface area contributed by atoms with Crippen LogP contribution in [0, 0.1) is 11.3 Å². The molecule has 0 radical (unpaired) electrons. The van der Waals surface area contributed by atoms with Crippen LogP contribution < -0.4 is 5.43 Å². The van der Waals surface area contributed by atoms with Crippen LogP contribution in [0.1, 0.15) is 49.7 Å². The Morgan fingerprint density at radius 2 is 1.62 bits per heavy atom. The normalized spacial score (nSPS) is 22.4. The van der Waals surface area contributed by atoms with E-state index in [2.05, 4.69) is 19.1 Å². The maximum atomic E-state index is 12.2. The van der Waals surface area contributed by atoms with E-state index in [0.717, 1.165) is 56.4 Å². The molecule has 4 aromatic rings. The Balaban J connectivity index is 0.000000151. The van der Waals surface area contributed by atoms with E-state index in [1.807, 2.05) is 6.07 Å². The molecule has 1 aromatic heterocycles. The molecule has 2 fully saturated rings. The highest BCUT2D eigenvalue weighted by Gasteiger charge is 2.52. The predicted molar refractivity (Wildman–Crippen MR) is 154 cm³/mol. The van der Waals surface area contributed by atoms with Gasteiger partial charge in [0, 0.05) is 35.4 Å². The van der Waals surface area contributed by atoms with E-state index in [0.29, 0.717) is 23.4 Å². The summed E-state index contributed by atoms with van der Waals surface area (Å²) in [7, 11) is 0. The van der Waals surface area contributed by atoms with Gasteiger partial charge in [-0.1, -0.05) is 24.6 Å². The molecule has 6 N–H and O–H groups in total. The van der Waals surface area contributed by atoms with Gasteiger partial charge in [0.15, 0.2) is 17.3 Å². The molecule has 9 heteroatoms. The number of ketones is 1. The third-order valence-corrected chi connectivity index (χ3v) is 9.06. The van der Waals surface area contributed by atoms with Gasteiger partial charge in [0.25, 0.3) is 0 Å². The Hall–Kier alpha value is -4.92. The van der Waals surface area contributed by atoms with Gasteiger partial charge in [0.1, 0.15) is 34.0 Å². The second-order valence-electron chi connectivity index (χ2n) is 11.5. The van der Waals surface area contributed by atoms with Gasteiger partial charge in [-0.2, -0.15) is 0 Å². The quantitative estimate of drug-likeness (QED) is 0.124. The minimum absolute atomic E-state index is 0.100. The molecule has 42 heavy (non-hydrogen) atoms. The molecule has 3 aliphatic rings. The first-order chi connectivity index (χ1) is 20.0. The fourth-order valence-corrected chi connectivity index (χ4v) is 6.87. The van der Waals surface area contributed by atoms with Gasteiger partial charge in [0.2, 0.25) is 11.2 Å². The zero-order chi connectivity index (χ0) is 29.9. The van der Waals surface area contributed by atoms with Crippen LogP contribution in [0.5, 0.6) is 34.5 Å². The lowest BCUT2D eigenvalue weighted by Gasteiger charge is -2.43. The Bertz CT molecular complexity index is 1850. The van der Waals surface area contributed by atoms with Crippen molar-refractivity contribution in [2.45, 2.75) is 44.9 Å². The lowest BCUT2D eigenvalue weighted by molar-refractivity contribution is -0.126. The first-order valence-corrected chi connectivity index (χ1v) is 13.8. The average molecular weight is 571 g/mol. The molecule has 0 spiro atoms. The number of rotatable bonds is 1. The monoisotopic (exact) mass is 570 g/mol. The van der Waals surface area contributed by atoms with Crippen LogP contribution in [0.3, 0.4) is 0 Å². The van der Waals surface area contributed by atoms with Gasteiger partial charge in [-0.05, 0) is 73.1 Å². The van der Waals surface area contributed by atoms with Crippen molar-refractivity contribution in [1.82, 2.24) is 0 Å². The minimum Gasteiger partial charge on any atom is -0.508 e. The van der Waals surface area contributed by atoms with Crippen molar-refractivity contribution in [3.63, 3.8) is 0 Å². The molecule has 1 heterocycles. The lowest BCUT2D eigenvalue weighted by Crippen LogP contribution is -2.37. The third-order valence-electron chi connectivity index (χ3n) is 9.06. The zero-order valence-electron chi connectivity index (χ0n) is 22.8. The van der Waals surface area contributed by atoms with Crippen LogP contribution >= 0.6 is 0 Å². The number of Topliss-reactive ketones (excluding diaryl/α,β-unsaturated/α-hetero) is 1. The summed E-state index contributed by atoms with van der Waals surface area (Å²) < 4.78 is 5.35. The van der Waals surface area contributed by atoms with Crippen molar-refractivity contribution in [2.24, 2.45) is 11.3 Å². The summed E-state index contributed by atoms with van der Waals surface area (Å²) in [5, 5.41) is 57.3. The summed E-state index contributed by atoms with van der Waals surface area (Å²) in [6, 6.07) is 11.4. The maximum Gasteiger partial charge on any atom is 0.238 e. The van der Waals surface area contributed by atoms with Crippen LogP contribution in [-0.4, -0.2) is 36.4 Å². The van der Waals surface area contributed by atoms with E-state index < -0.39 is 22.7 Å². The topological polar surface area (TPSA) is 169 Å². The van der Waals surface area contributed by atoms with Crippen molar-refractivity contribution in [3.8, 4) is 45.8 Å². The number of carbonyl (C=O) groups is 1. The van der Waals surface area contributed by atoms with Crippen LogP contribution in [0.15, 0.2) is 69.4 Å². The van der Waals surface area contributed by atoms with E-state index in [1.54, 1.807) is 6.07 Å².